The molecular formula is C22H30N6O2. The molecule has 4 rings (SSSR count). The molecule has 8 heteroatoms. The number of fused-ring (bicyclic) bond motifs is 1. The Labute approximate surface area is 176 Å². The number of hydrogen-bond donors (Lipinski definition) is 3. The number of aryl methyl sites for hydroxylation is 1. The summed E-state index contributed by atoms with van der Waals surface area (Å²) < 4.78 is 0. The summed E-state index contributed by atoms with van der Waals surface area (Å²) in [7, 11) is 0. The van der Waals surface area contributed by atoms with Gasteiger partial charge in [-0.05, 0) is 80.9 Å². The molecular weight excluding hydrogens is 380 g/mol. The Morgan fingerprint density at radius 1 is 1.07 bits per heavy atom. The summed E-state index contributed by atoms with van der Waals surface area (Å²) in [6, 6.07) is 8.63. The van der Waals surface area contributed by atoms with Crippen LogP contribution in [-0.4, -0.2) is 27.5 Å². The lowest BCUT2D eigenvalue weighted by molar-refractivity contribution is -0.385. The molecule has 5 N–H and O–H groups in total. The van der Waals surface area contributed by atoms with Crippen molar-refractivity contribution in [2.75, 3.05) is 17.6 Å². The van der Waals surface area contributed by atoms with Crippen LogP contribution in [0.2, 0.25) is 0 Å². The Morgan fingerprint density at radius 3 is 2.47 bits per heavy atom. The van der Waals surface area contributed by atoms with E-state index in [4.69, 9.17) is 11.5 Å². The predicted molar refractivity (Wildman–Crippen MR) is 117 cm³/mol. The molecule has 1 heterocycles. The van der Waals surface area contributed by atoms with Gasteiger partial charge in [0.15, 0.2) is 0 Å². The fourth-order valence-corrected chi connectivity index (χ4v) is 4.87. The number of nitrogens with one attached hydrogen (secondary N) is 1. The first-order valence-electron chi connectivity index (χ1n) is 10.9. The number of benzene rings is 1. The van der Waals surface area contributed by atoms with E-state index in [1.165, 1.54) is 11.1 Å². The van der Waals surface area contributed by atoms with Crippen LogP contribution in [-0.2, 0) is 19.3 Å². The summed E-state index contributed by atoms with van der Waals surface area (Å²) in [5.41, 5.74) is 14.8. The minimum Gasteiger partial charge on any atom is -0.378 e. The van der Waals surface area contributed by atoms with E-state index in [9.17, 15) is 10.1 Å². The zero-order valence-electron chi connectivity index (χ0n) is 17.2. The maximum absolute atomic E-state index is 11.6. The van der Waals surface area contributed by atoms with E-state index < -0.39 is 4.92 Å². The number of nitro groups is 1. The van der Waals surface area contributed by atoms with Gasteiger partial charge in [0, 0.05) is 6.04 Å². The molecule has 0 unspecified atom stereocenters. The zero-order valence-corrected chi connectivity index (χ0v) is 17.2. The average molecular weight is 411 g/mol. The van der Waals surface area contributed by atoms with Gasteiger partial charge in [-0.1, -0.05) is 24.3 Å². The fraction of sp³-hybridized carbons (Fsp3) is 0.545. The van der Waals surface area contributed by atoms with Crippen LogP contribution < -0.4 is 16.8 Å². The predicted octanol–water partition coefficient (Wildman–Crippen LogP) is 3.24. The smallest absolute Gasteiger partial charge is 0.332 e. The van der Waals surface area contributed by atoms with Gasteiger partial charge in [-0.3, -0.25) is 10.1 Å². The first kappa shape index (κ1) is 20.5. The summed E-state index contributed by atoms with van der Waals surface area (Å²) in [4.78, 5) is 20.0. The van der Waals surface area contributed by atoms with Crippen molar-refractivity contribution in [2.24, 2.45) is 17.6 Å². The Bertz CT molecular complexity index is 910. The number of aromatic nitrogens is 2. The maximum Gasteiger partial charge on any atom is 0.332 e. The van der Waals surface area contributed by atoms with Gasteiger partial charge in [-0.25, -0.2) is 4.98 Å². The van der Waals surface area contributed by atoms with Crippen LogP contribution in [0, 0.1) is 22.0 Å². The van der Waals surface area contributed by atoms with Crippen molar-refractivity contribution in [1.82, 2.24) is 9.97 Å². The van der Waals surface area contributed by atoms with Gasteiger partial charge in [-0.15, -0.1) is 0 Å². The Hall–Kier alpha value is -2.74. The molecule has 1 fully saturated rings. The number of nitrogens with two attached hydrogens (primary N) is 2. The van der Waals surface area contributed by atoms with Crippen LogP contribution in [0.3, 0.4) is 0 Å². The molecule has 0 radical (unpaired) electrons. The first-order valence-corrected chi connectivity index (χ1v) is 10.9. The van der Waals surface area contributed by atoms with Crippen LogP contribution in [0.4, 0.5) is 17.5 Å². The summed E-state index contributed by atoms with van der Waals surface area (Å²) in [5, 5.41) is 15.0. The van der Waals surface area contributed by atoms with Crippen molar-refractivity contribution >= 4 is 17.5 Å². The largest absolute Gasteiger partial charge is 0.378 e. The summed E-state index contributed by atoms with van der Waals surface area (Å²) in [6.45, 7) is 0.714. The fourth-order valence-electron chi connectivity index (χ4n) is 4.87. The minimum absolute atomic E-state index is 0.0562. The van der Waals surface area contributed by atoms with Gasteiger partial charge in [-0.2, -0.15) is 4.98 Å². The van der Waals surface area contributed by atoms with Crippen molar-refractivity contribution in [3.05, 3.63) is 51.2 Å². The Morgan fingerprint density at radius 2 is 1.77 bits per heavy atom. The summed E-state index contributed by atoms with van der Waals surface area (Å²) >= 11 is 0. The highest BCUT2D eigenvalue weighted by atomic mass is 16.6. The quantitative estimate of drug-likeness (QED) is 0.492. The SMILES string of the molecule is NCC1CCC(Cc2nc(N[C@@H]3CCc4ccccc4C3)nc(N)c2[N+](=O)[O-])CC1. The van der Waals surface area contributed by atoms with Gasteiger partial charge in [0.05, 0.1) is 4.92 Å². The highest BCUT2D eigenvalue weighted by Gasteiger charge is 2.28. The topological polar surface area (TPSA) is 133 Å². The lowest BCUT2D eigenvalue weighted by atomic mass is 9.80. The number of hydrogen-bond acceptors (Lipinski definition) is 7. The van der Waals surface area contributed by atoms with Crippen LogP contribution in [0.5, 0.6) is 0 Å². The molecule has 1 aromatic heterocycles. The van der Waals surface area contributed by atoms with Crippen molar-refractivity contribution in [3.8, 4) is 0 Å². The lowest BCUT2D eigenvalue weighted by Gasteiger charge is -2.28. The zero-order chi connectivity index (χ0) is 21.1. The average Bonchev–Trinajstić information content (AvgIpc) is 2.73. The number of rotatable bonds is 6. The molecule has 2 aromatic rings. The molecule has 0 bridgehead atoms. The molecule has 1 aromatic carbocycles. The molecule has 1 atom stereocenters. The molecule has 2 aliphatic rings. The van der Waals surface area contributed by atoms with Crippen LogP contribution in [0.15, 0.2) is 24.3 Å². The molecule has 0 amide bonds. The molecule has 30 heavy (non-hydrogen) atoms. The molecule has 8 nitrogen and oxygen atoms in total. The second kappa shape index (κ2) is 8.95. The first-order chi connectivity index (χ1) is 14.5. The third-order valence-corrected chi connectivity index (χ3v) is 6.63. The number of nitrogen functional groups attached to an aromatic ring is 1. The van der Waals surface area contributed by atoms with E-state index in [1.807, 2.05) is 0 Å². The van der Waals surface area contributed by atoms with Gasteiger partial charge in [0.2, 0.25) is 11.8 Å². The highest BCUT2D eigenvalue weighted by molar-refractivity contribution is 5.58. The standard InChI is InChI=1S/C22H30N6O2/c23-13-15-7-5-14(6-8-15)11-19-20(28(29)30)21(24)27-22(26-19)25-18-10-9-16-3-1-2-4-17(16)12-18/h1-4,14-15,18H,5-13,23H2,(H3,24,25,26,27)/t14?,15?,18-/m1/s1. The number of anilines is 2. The van der Waals surface area contributed by atoms with Crippen LogP contribution >= 0.6 is 0 Å². The second-order valence-corrected chi connectivity index (χ2v) is 8.66. The van der Waals surface area contributed by atoms with E-state index >= 15 is 0 Å². The molecule has 0 aliphatic heterocycles. The molecule has 0 saturated heterocycles. The van der Waals surface area contributed by atoms with E-state index in [2.05, 4.69) is 39.6 Å². The van der Waals surface area contributed by atoms with E-state index in [-0.39, 0.29) is 17.5 Å². The van der Waals surface area contributed by atoms with Gasteiger partial charge < -0.3 is 16.8 Å². The van der Waals surface area contributed by atoms with Crippen molar-refractivity contribution in [2.45, 2.75) is 57.4 Å². The molecule has 160 valence electrons. The van der Waals surface area contributed by atoms with Gasteiger partial charge in [0.25, 0.3) is 0 Å². The van der Waals surface area contributed by atoms with E-state index in [0.29, 0.717) is 36.4 Å². The van der Waals surface area contributed by atoms with E-state index in [0.717, 1.165) is 44.9 Å². The number of nitrogens with zero attached hydrogens (tertiary/aromatic N) is 3. The Kier molecular flexibility index (Phi) is 6.13. The van der Waals surface area contributed by atoms with Crippen molar-refractivity contribution in [1.29, 1.82) is 0 Å². The Balaban J connectivity index is 1.51. The maximum atomic E-state index is 11.6. The third kappa shape index (κ3) is 4.53. The van der Waals surface area contributed by atoms with E-state index in [1.54, 1.807) is 0 Å². The normalized spacial score (nSPS) is 23.6. The summed E-state index contributed by atoms with van der Waals surface area (Å²) in [5.74, 6) is 1.28. The van der Waals surface area contributed by atoms with Gasteiger partial charge in [0.1, 0.15) is 5.69 Å². The molecule has 0 spiro atoms. The second-order valence-electron chi connectivity index (χ2n) is 8.66. The van der Waals surface area contributed by atoms with Crippen molar-refractivity contribution < 1.29 is 4.92 Å². The van der Waals surface area contributed by atoms with Crippen LogP contribution in [0.1, 0.15) is 48.9 Å². The van der Waals surface area contributed by atoms with Crippen LogP contribution in [0.25, 0.3) is 0 Å². The lowest BCUT2D eigenvalue weighted by Crippen LogP contribution is -2.29. The monoisotopic (exact) mass is 410 g/mol. The van der Waals surface area contributed by atoms with Crippen molar-refractivity contribution in [3.63, 3.8) is 0 Å². The molecule has 1 saturated carbocycles. The summed E-state index contributed by atoms with van der Waals surface area (Å²) in [6.07, 6.45) is 7.58. The third-order valence-electron chi connectivity index (χ3n) is 6.63. The highest BCUT2D eigenvalue weighted by Crippen LogP contribution is 2.34. The van der Waals surface area contributed by atoms with Gasteiger partial charge >= 0.3 is 5.69 Å². The molecule has 2 aliphatic carbocycles. The minimum atomic E-state index is -0.448.